The Balaban J connectivity index is 2.04. The van der Waals surface area contributed by atoms with Gasteiger partial charge in [0.1, 0.15) is 6.17 Å². The van der Waals surface area contributed by atoms with E-state index in [1.165, 1.54) is 24.3 Å². The third-order valence-corrected chi connectivity index (χ3v) is 3.83. The van der Waals surface area contributed by atoms with Gasteiger partial charge in [0.2, 0.25) is 0 Å². The van der Waals surface area contributed by atoms with Gasteiger partial charge in [0.25, 0.3) is 0 Å². The Kier molecular flexibility index (Phi) is 6.51. The van der Waals surface area contributed by atoms with E-state index in [-0.39, 0.29) is 5.56 Å². The van der Waals surface area contributed by atoms with Crippen molar-refractivity contribution in [3.05, 3.63) is 77.9 Å². The average molecular weight is 350 g/mol. The van der Waals surface area contributed by atoms with Crippen LogP contribution in [0.2, 0.25) is 0 Å². The van der Waals surface area contributed by atoms with E-state index in [1.54, 1.807) is 48.5 Å². The summed E-state index contributed by atoms with van der Waals surface area (Å²) >= 11 is 0. The van der Waals surface area contributed by atoms with Crippen LogP contribution in [0, 0.1) is 5.92 Å². The van der Waals surface area contributed by atoms with Crippen LogP contribution in [0.4, 0.5) is 17.6 Å². The number of ketones is 1. The number of alkyl halides is 4. The first-order chi connectivity index (χ1) is 11.9. The van der Waals surface area contributed by atoms with Gasteiger partial charge in [-0.1, -0.05) is 72.8 Å². The summed E-state index contributed by atoms with van der Waals surface area (Å²) in [5.74, 6) is -2.84. The van der Waals surface area contributed by atoms with Crippen molar-refractivity contribution in [2.75, 3.05) is 0 Å². The topological polar surface area (TPSA) is 17.1 Å². The molecule has 25 heavy (non-hydrogen) atoms. The van der Waals surface area contributed by atoms with Crippen molar-refractivity contribution in [3.63, 3.8) is 0 Å². The van der Waals surface area contributed by atoms with Crippen molar-refractivity contribution < 1.29 is 22.4 Å². The molecule has 2 atom stereocenters. The van der Waals surface area contributed by atoms with E-state index in [0.29, 0.717) is 0 Å². The highest BCUT2D eigenvalue weighted by Gasteiger charge is 2.44. The summed E-state index contributed by atoms with van der Waals surface area (Å²) in [4.78, 5) is 12.0. The molecule has 0 radical (unpaired) electrons. The Morgan fingerprint density at radius 3 is 2.08 bits per heavy atom. The van der Waals surface area contributed by atoms with Gasteiger partial charge < -0.3 is 0 Å². The molecular formula is C20H18F4O. The number of halogens is 4. The lowest BCUT2D eigenvalue weighted by Crippen LogP contribution is -2.32. The monoisotopic (exact) mass is 350 g/mol. The predicted molar refractivity (Wildman–Crippen MR) is 89.9 cm³/mol. The fraction of sp³-hybridized carbons (Fsp3) is 0.250. The van der Waals surface area contributed by atoms with Gasteiger partial charge in [-0.3, -0.25) is 4.79 Å². The Morgan fingerprint density at radius 1 is 0.960 bits per heavy atom. The normalized spacial score (nSPS) is 14.4. The maximum absolute atomic E-state index is 14.3. The molecule has 1 nitrogen and oxygen atoms in total. The number of carbonyl (C=O) groups excluding carboxylic acids is 1. The number of rotatable bonds is 7. The Bertz CT molecular complexity index is 693. The van der Waals surface area contributed by atoms with Crippen LogP contribution in [0.3, 0.4) is 0 Å². The third-order valence-electron chi connectivity index (χ3n) is 3.83. The molecule has 2 aromatic rings. The second-order valence-electron chi connectivity index (χ2n) is 5.71. The van der Waals surface area contributed by atoms with Crippen LogP contribution in [-0.4, -0.2) is 18.1 Å². The highest BCUT2D eigenvalue weighted by atomic mass is 19.4. The molecule has 0 saturated heterocycles. The van der Waals surface area contributed by atoms with E-state index < -0.39 is 36.9 Å². The van der Waals surface area contributed by atoms with Gasteiger partial charge >= 0.3 is 6.18 Å². The molecule has 0 bridgehead atoms. The number of Topliss-reactive ketones (excluding diaryl/α,β-unsaturated/α-hetero) is 1. The highest BCUT2D eigenvalue weighted by molar-refractivity contribution is 5.96. The fourth-order valence-electron chi connectivity index (χ4n) is 2.46. The SMILES string of the molecule is O=C(CC(F)C(C/C=C/c1ccccc1)C(F)(F)F)c1ccccc1. The van der Waals surface area contributed by atoms with Crippen molar-refractivity contribution in [1.82, 2.24) is 0 Å². The number of allylic oxidation sites excluding steroid dienone is 1. The summed E-state index contributed by atoms with van der Waals surface area (Å²) in [7, 11) is 0. The molecule has 0 spiro atoms. The summed E-state index contributed by atoms with van der Waals surface area (Å²) in [5.41, 5.74) is 0.949. The second kappa shape index (κ2) is 8.60. The minimum Gasteiger partial charge on any atom is -0.294 e. The summed E-state index contributed by atoms with van der Waals surface area (Å²) < 4.78 is 53.7. The van der Waals surface area contributed by atoms with E-state index in [4.69, 9.17) is 0 Å². The van der Waals surface area contributed by atoms with E-state index in [1.807, 2.05) is 0 Å². The molecule has 0 fully saturated rings. The summed E-state index contributed by atoms with van der Waals surface area (Å²) in [6.07, 6.45) is -5.47. The van der Waals surface area contributed by atoms with Crippen LogP contribution in [-0.2, 0) is 0 Å². The van der Waals surface area contributed by atoms with Crippen molar-refractivity contribution in [3.8, 4) is 0 Å². The lowest BCUT2D eigenvalue weighted by molar-refractivity contribution is -0.189. The smallest absolute Gasteiger partial charge is 0.294 e. The minimum absolute atomic E-state index is 0.214. The standard InChI is InChI=1S/C20H18F4O/c21-18(14-19(25)16-11-5-2-6-12-16)17(20(22,23)24)13-7-10-15-8-3-1-4-9-15/h1-12,17-18H,13-14H2/b10-7+. The first kappa shape index (κ1) is 18.9. The lowest BCUT2D eigenvalue weighted by Gasteiger charge is -2.22. The van der Waals surface area contributed by atoms with Gasteiger partial charge in [-0.15, -0.1) is 0 Å². The molecule has 2 aromatic carbocycles. The molecule has 0 N–H and O–H groups in total. The number of carbonyl (C=O) groups is 1. The maximum Gasteiger partial charge on any atom is 0.394 e. The third kappa shape index (κ3) is 5.85. The van der Waals surface area contributed by atoms with Crippen molar-refractivity contribution in [2.45, 2.75) is 25.2 Å². The molecule has 0 aliphatic heterocycles. The second-order valence-corrected chi connectivity index (χ2v) is 5.71. The minimum atomic E-state index is -4.71. The maximum atomic E-state index is 14.3. The van der Waals surface area contributed by atoms with Gasteiger partial charge in [-0.05, 0) is 12.0 Å². The average Bonchev–Trinajstić information content (AvgIpc) is 2.59. The summed E-state index contributed by atoms with van der Waals surface area (Å²) in [6, 6.07) is 16.6. The lowest BCUT2D eigenvalue weighted by atomic mass is 9.93. The van der Waals surface area contributed by atoms with Crippen LogP contribution in [0.15, 0.2) is 66.7 Å². The number of hydrogen-bond acceptors (Lipinski definition) is 1. The molecule has 0 amide bonds. The van der Waals surface area contributed by atoms with Gasteiger partial charge in [0.15, 0.2) is 5.78 Å². The van der Waals surface area contributed by atoms with Crippen molar-refractivity contribution in [2.24, 2.45) is 5.92 Å². The zero-order valence-corrected chi connectivity index (χ0v) is 13.4. The highest BCUT2D eigenvalue weighted by Crippen LogP contribution is 2.35. The molecule has 2 rings (SSSR count). The molecular weight excluding hydrogens is 332 g/mol. The largest absolute Gasteiger partial charge is 0.394 e. The Hall–Kier alpha value is -2.43. The van der Waals surface area contributed by atoms with Gasteiger partial charge in [-0.25, -0.2) is 4.39 Å². The van der Waals surface area contributed by atoms with Crippen LogP contribution < -0.4 is 0 Å². The quantitative estimate of drug-likeness (QED) is 0.450. The Labute approximate surface area is 144 Å². The zero-order valence-electron chi connectivity index (χ0n) is 13.4. The Morgan fingerprint density at radius 2 is 1.52 bits per heavy atom. The number of benzene rings is 2. The molecule has 0 aromatic heterocycles. The molecule has 0 heterocycles. The van der Waals surface area contributed by atoms with Gasteiger partial charge in [0.05, 0.1) is 5.92 Å². The molecule has 5 heteroatoms. The molecule has 0 aliphatic carbocycles. The summed E-state index contributed by atoms with van der Waals surface area (Å²) in [5, 5.41) is 0. The fourth-order valence-corrected chi connectivity index (χ4v) is 2.46. The summed E-state index contributed by atoms with van der Waals surface area (Å²) in [6.45, 7) is 0. The molecule has 0 aliphatic rings. The first-order valence-electron chi connectivity index (χ1n) is 7.88. The van der Waals surface area contributed by atoms with Gasteiger partial charge in [-0.2, -0.15) is 13.2 Å². The first-order valence-corrected chi connectivity index (χ1v) is 7.88. The number of hydrogen-bond donors (Lipinski definition) is 0. The molecule has 0 saturated carbocycles. The van der Waals surface area contributed by atoms with Crippen LogP contribution in [0.25, 0.3) is 6.08 Å². The predicted octanol–water partition coefficient (Wildman–Crippen LogP) is 5.88. The van der Waals surface area contributed by atoms with Crippen LogP contribution in [0.1, 0.15) is 28.8 Å². The van der Waals surface area contributed by atoms with Crippen LogP contribution in [0.5, 0.6) is 0 Å². The van der Waals surface area contributed by atoms with Crippen molar-refractivity contribution >= 4 is 11.9 Å². The van der Waals surface area contributed by atoms with E-state index in [9.17, 15) is 22.4 Å². The van der Waals surface area contributed by atoms with E-state index in [2.05, 4.69) is 0 Å². The zero-order chi connectivity index (χ0) is 18.3. The van der Waals surface area contributed by atoms with Crippen molar-refractivity contribution in [1.29, 1.82) is 0 Å². The van der Waals surface area contributed by atoms with E-state index in [0.717, 1.165) is 5.56 Å². The van der Waals surface area contributed by atoms with Gasteiger partial charge in [0, 0.05) is 12.0 Å². The molecule has 2 unspecified atom stereocenters. The van der Waals surface area contributed by atoms with Crippen LogP contribution >= 0.6 is 0 Å². The molecule has 132 valence electrons. The van der Waals surface area contributed by atoms with E-state index >= 15 is 0 Å².